The SMILES string of the molecule is CN(C)C(=O)C[n+]1ccc(-c2nc(-c3ccc(C(c4ccc(-c5nc(-c6cc[n+](CC(=O)N(C)C)cc6)c(C(F)(F)F)o5)cc4)(C(F)(F)F)C(F)(F)F)cc3)oc2C(F)(F)F)cc1.[Cl-].[Cl-]. The van der Waals surface area contributed by atoms with Gasteiger partial charge in [0.25, 0.3) is 11.8 Å². The third-order valence-corrected chi connectivity index (χ3v) is 9.71. The summed E-state index contributed by atoms with van der Waals surface area (Å²) in [6.45, 7) is -0.303. The monoisotopic (exact) mass is 970 g/mol. The highest BCUT2D eigenvalue weighted by atomic mass is 35.5. The topological polar surface area (TPSA) is 100 Å². The number of carbonyl (C=O) groups is 2. The molecule has 6 rings (SSSR count). The molecule has 4 heterocycles. The second-order valence-corrected chi connectivity index (χ2v) is 14.4. The maximum absolute atomic E-state index is 15.0. The quantitative estimate of drug-likeness (QED) is 0.155. The second kappa shape index (κ2) is 18.7. The van der Waals surface area contributed by atoms with Gasteiger partial charge in [0.05, 0.1) is 0 Å². The fourth-order valence-corrected chi connectivity index (χ4v) is 6.41. The van der Waals surface area contributed by atoms with Crippen molar-refractivity contribution in [1.82, 2.24) is 19.8 Å². The van der Waals surface area contributed by atoms with Gasteiger partial charge in [-0.15, -0.1) is 0 Å². The van der Waals surface area contributed by atoms with Crippen LogP contribution in [0.2, 0.25) is 0 Å². The first-order chi connectivity index (χ1) is 29.2. The molecule has 2 amide bonds. The largest absolute Gasteiger partial charge is 1.00 e. The third kappa shape index (κ3) is 10.4. The van der Waals surface area contributed by atoms with Gasteiger partial charge in [-0.3, -0.25) is 9.59 Å². The van der Waals surface area contributed by atoms with E-state index in [1.165, 1.54) is 96.2 Å². The standard InChI is InChI=1S/C41H32F12N6O4.2ClH/c1-56(2)29(60)21-58-17-13-23(14-18-58)31-33(38(42,43)44)62-35(54-31)25-5-9-27(10-6-25)37(40(48,49)50,41(51,52)53)28-11-7-26(8-12-28)36-55-32(34(63-36)39(45,46)47)24-15-19-59(20-16-24)22-30(61)57(3)4;;/h5-20H,21-22H2,1-4H3;2*1H/q+2;;/p-2. The van der Waals surface area contributed by atoms with Gasteiger partial charge in [0.2, 0.25) is 41.8 Å². The van der Waals surface area contributed by atoms with Crippen LogP contribution in [-0.2, 0) is 40.4 Å². The Morgan fingerprint density at radius 1 is 0.492 bits per heavy atom. The zero-order valence-electron chi connectivity index (χ0n) is 33.8. The van der Waals surface area contributed by atoms with Crippen LogP contribution >= 0.6 is 0 Å². The van der Waals surface area contributed by atoms with Gasteiger partial charge in [-0.1, -0.05) is 24.3 Å². The van der Waals surface area contributed by atoms with Gasteiger partial charge in [0.15, 0.2) is 24.8 Å². The molecule has 24 heteroatoms. The van der Waals surface area contributed by atoms with Crippen molar-refractivity contribution in [3.8, 4) is 45.4 Å². The number of alkyl halides is 12. The van der Waals surface area contributed by atoms with Crippen molar-refractivity contribution in [1.29, 1.82) is 0 Å². The first kappa shape index (κ1) is 51.5. The minimum atomic E-state index is -6.13. The molecule has 348 valence electrons. The molecule has 0 saturated carbocycles. The lowest BCUT2D eigenvalue weighted by Gasteiger charge is -2.38. The molecule has 0 radical (unpaired) electrons. The second-order valence-electron chi connectivity index (χ2n) is 14.4. The fourth-order valence-electron chi connectivity index (χ4n) is 6.41. The molecule has 0 N–H and O–H groups in total. The predicted molar refractivity (Wildman–Crippen MR) is 195 cm³/mol. The van der Waals surface area contributed by atoms with Crippen LogP contribution in [0.15, 0.2) is 106 Å². The van der Waals surface area contributed by atoms with Gasteiger partial charge in [0, 0.05) is 74.7 Å². The summed E-state index contributed by atoms with van der Waals surface area (Å²) in [5.74, 6) is -5.48. The highest BCUT2D eigenvalue weighted by Gasteiger charge is 2.72. The Morgan fingerprint density at radius 3 is 1.03 bits per heavy atom. The highest BCUT2D eigenvalue weighted by molar-refractivity contribution is 5.74. The molecule has 0 atom stereocenters. The van der Waals surface area contributed by atoms with E-state index in [2.05, 4.69) is 9.97 Å². The van der Waals surface area contributed by atoms with Crippen molar-refractivity contribution in [2.45, 2.75) is 43.2 Å². The molecule has 0 aliphatic carbocycles. The van der Waals surface area contributed by atoms with Gasteiger partial charge in [0.1, 0.15) is 11.4 Å². The van der Waals surface area contributed by atoms with Crippen molar-refractivity contribution >= 4 is 11.8 Å². The Labute approximate surface area is 372 Å². The summed E-state index contributed by atoms with van der Waals surface area (Å²) in [5.41, 5.74) is -10.3. The third-order valence-electron chi connectivity index (χ3n) is 9.71. The molecule has 0 unspecified atom stereocenters. The van der Waals surface area contributed by atoms with E-state index < -0.39 is 87.1 Å². The minimum absolute atomic E-state index is 0. The van der Waals surface area contributed by atoms with Gasteiger partial charge in [-0.2, -0.15) is 61.8 Å². The number of aromatic nitrogens is 4. The summed E-state index contributed by atoms with van der Waals surface area (Å²) < 4.78 is 188. The summed E-state index contributed by atoms with van der Waals surface area (Å²) in [6.07, 6.45) is -17.4. The van der Waals surface area contributed by atoms with E-state index in [9.17, 15) is 35.9 Å². The number of amides is 2. The van der Waals surface area contributed by atoms with Gasteiger partial charge in [-0.25, -0.2) is 9.97 Å². The van der Waals surface area contributed by atoms with Crippen LogP contribution in [0, 0.1) is 0 Å². The number of pyridine rings is 2. The first-order valence-electron chi connectivity index (χ1n) is 18.1. The molecule has 6 aromatic rings. The number of likely N-dealkylation sites (N-methyl/N-ethyl adjacent to an activating group) is 2. The number of halogens is 14. The smallest absolute Gasteiger partial charge is 0.451 e. The normalized spacial score (nSPS) is 12.3. The first-order valence-corrected chi connectivity index (χ1v) is 18.1. The molecule has 0 aliphatic rings. The van der Waals surface area contributed by atoms with E-state index in [1.807, 2.05) is 0 Å². The molecule has 10 nitrogen and oxygen atoms in total. The summed E-state index contributed by atoms with van der Waals surface area (Å²) in [4.78, 5) is 34.4. The number of hydrogen-bond acceptors (Lipinski definition) is 6. The molecule has 65 heavy (non-hydrogen) atoms. The van der Waals surface area contributed by atoms with Crippen molar-refractivity contribution in [2.24, 2.45) is 0 Å². The summed E-state index contributed by atoms with van der Waals surface area (Å²) >= 11 is 0. The number of benzene rings is 2. The van der Waals surface area contributed by atoms with E-state index in [4.69, 9.17) is 8.83 Å². The van der Waals surface area contributed by atoms with Gasteiger partial charge >= 0.3 is 24.7 Å². The zero-order chi connectivity index (χ0) is 46.4. The lowest BCUT2D eigenvalue weighted by atomic mass is 9.72. The summed E-state index contributed by atoms with van der Waals surface area (Å²) in [7, 11) is 5.99. The molecular weight excluding hydrogens is 939 g/mol. The van der Waals surface area contributed by atoms with Crippen molar-refractivity contribution < 1.29 is 105 Å². The lowest BCUT2D eigenvalue weighted by molar-refractivity contribution is -0.685. The molecule has 0 saturated heterocycles. The van der Waals surface area contributed by atoms with E-state index in [0.717, 1.165) is 0 Å². The van der Waals surface area contributed by atoms with Crippen molar-refractivity contribution in [3.63, 3.8) is 0 Å². The molecule has 2 aromatic carbocycles. The average molecular weight is 972 g/mol. The molecule has 0 spiro atoms. The summed E-state index contributed by atoms with van der Waals surface area (Å²) in [6, 6.07) is 9.01. The van der Waals surface area contributed by atoms with E-state index in [-0.39, 0.29) is 60.8 Å². The van der Waals surface area contributed by atoms with E-state index in [1.54, 1.807) is 0 Å². The van der Waals surface area contributed by atoms with Crippen LogP contribution in [0.1, 0.15) is 22.6 Å². The Hall–Kier alpha value is -6.16. The number of rotatable bonds is 10. The maximum Gasteiger partial charge on any atom is 0.451 e. The Morgan fingerprint density at radius 2 is 0.785 bits per heavy atom. The number of nitrogens with zero attached hydrogens (tertiary/aromatic N) is 6. The van der Waals surface area contributed by atoms with Crippen LogP contribution in [0.3, 0.4) is 0 Å². The zero-order valence-corrected chi connectivity index (χ0v) is 35.3. The van der Waals surface area contributed by atoms with Crippen LogP contribution in [0.4, 0.5) is 52.7 Å². The van der Waals surface area contributed by atoms with Crippen molar-refractivity contribution in [2.75, 3.05) is 28.2 Å². The average Bonchev–Trinajstić information content (AvgIpc) is 3.85. The van der Waals surface area contributed by atoms with Crippen LogP contribution in [-0.4, -0.2) is 72.1 Å². The Bertz CT molecular complexity index is 2420. The number of oxazole rings is 2. The maximum atomic E-state index is 15.0. The molecule has 0 aliphatic heterocycles. The predicted octanol–water partition coefficient (Wildman–Crippen LogP) is 2.54. The van der Waals surface area contributed by atoms with Crippen LogP contribution < -0.4 is 33.9 Å². The number of hydrogen-bond donors (Lipinski definition) is 0. The van der Waals surface area contributed by atoms with E-state index >= 15 is 26.3 Å². The molecular formula is C41H32Cl2F12N6O4. The molecule has 0 bridgehead atoms. The Kier molecular flexibility index (Phi) is 14.8. The lowest BCUT2D eigenvalue weighted by Crippen LogP contribution is -3.00. The minimum Gasteiger partial charge on any atom is -1.00 e. The van der Waals surface area contributed by atoms with Gasteiger partial charge < -0.3 is 43.4 Å². The molecule has 0 fully saturated rings. The number of carbonyl (C=O) groups excluding carboxylic acids is 2. The van der Waals surface area contributed by atoms with Crippen LogP contribution in [0.25, 0.3) is 45.4 Å². The highest BCUT2D eigenvalue weighted by Crippen LogP contribution is 2.56. The molecule has 4 aromatic heterocycles. The fraction of sp³-hybridized carbons (Fsp3) is 0.268. The van der Waals surface area contributed by atoms with Crippen LogP contribution in [0.5, 0.6) is 0 Å². The Balaban J connectivity index is 0.00000462. The van der Waals surface area contributed by atoms with E-state index in [0.29, 0.717) is 48.5 Å². The van der Waals surface area contributed by atoms with Gasteiger partial charge in [-0.05, 0) is 35.4 Å². The summed E-state index contributed by atoms with van der Waals surface area (Å²) in [5, 5.41) is 0. The van der Waals surface area contributed by atoms with Crippen molar-refractivity contribution in [3.05, 3.63) is 120 Å².